The van der Waals surface area contributed by atoms with Crippen molar-refractivity contribution in [2.75, 3.05) is 4.90 Å². The van der Waals surface area contributed by atoms with Gasteiger partial charge in [-0.15, -0.1) is 0 Å². The molecule has 2 atom stereocenters. The molecule has 2 bridgehead atoms. The van der Waals surface area contributed by atoms with Crippen LogP contribution in [0.4, 0.5) is 5.95 Å². The molecule has 1 aromatic rings. The van der Waals surface area contributed by atoms with Gasteiger partial charge in [0.25, 0.3) is 0 Å². The lowest BCUT2D eigenvalue weighted by Crippen LogP contribution is -2.48. The molecule has 0 radical (unpaired) electrons. The van der Waals surface area contributed by atoms with Gasteiger partial charge < -0.3 is 10.6 Å². The van der Waals surface area contributed by atoms with Gasteiger partial charge in [-0.2, -0.15) is 5.26 Å². The largest absolute Gasteiger partial charge is 0.335 e. The molecule has 2 fully saturated rings. The first-order valence-corrected chi connectivity index (χ1v) is 6.05. The summed E-state index contributed by atoms with van der Waals surface area (Å²) in [6, 6.07) is 4.92. The molecule has 0 saturated carbocycles. The van der Waals surface area contributed by atoms with E-state index >= 15 is 0 Å². The Morgan fingerprint density at radius 3 is 2.71 bits per heavy atom. The van der Waals surface area contributed by atoms with Gasteiger partial charge in [0.2, 0.25) is 5.95 Å². The number of piperidine rings is 1. The molecule has 2 aliphatic heterocycles. The molecule has 88 valence electrons. The van der Waals surface area contributed by atoms with Gasteiger partial charge in [0.05, 0.1) is 0 Å². The molecule has 5 nitrogen and oxygen atoms in total. The van der Waals surface area contributed by atoms with Crippen LogP contribution in [-0.4, -0.2) is 28.1 Å². The maximum Gasteiger partial charge on any atom is 0.227 e. The van der Waals surface area contributed by atoms with Crippen LogP contribution >= 0.6 is 0 Å². The van der Waals surface area contributed by atoms with E-state index in [0.717, 1.165) is 12.8 Å². The van der Waals surface area contributed by atoms with Gasteiger partial charge in [-0.1, -0.05) is 0 Å². The van der Waals surface area contributed by atoms with Crippen molar-refractivity contribution in [3.05, 3.63) is 18.0 Å². The summed E-state index contributed by atoms with van der Waals surface area (Å²) in [6.07, 6.45) is 6.01. The third-order valence-corrected chi connectivity index (χ3v) is 3.76. The SMILES string of the molecule is N#Cc1ccnc(N2C3CCC2CC(N)C3)n1. The van der Waals surface area contributed by atoms with Crippen LogP contribution in [0.5, 0.6) is 0 Å². The number of anilines is 1. The van der Waals surface area contributed by atoms with Crippen LogP contribution in [0.1, 0.15) is 31.4 Å². The third-order valence-electron chi connectivity index (χ3n) is 3.76. The van der Waals surface area contributed by atoms with E-state index in [9.17, 15) is 0 Å². The highest BCUT2D eigenvalue weighted by Crippen LogP contribution is 2.37. The van der Waals surface area contributed by atoms with Gasteiger partial charge >= 0.3 is 0 Å². The van der Waals surface area contributed by atoms with Gasteiger partial charge in [0.15, 0.2) is 0 Å². The van der Waals surface area contributed by atoms with E-state index in [2.05, 4.69) is 20.9 Å². The Morgan fingerprint density at radius 1 is 1.35 bits per heavy atom. The van der Waals surface area contributed by atoms with E-state index in [1.807, 2.05) is 0 Å². The smallest absolute Gasteiger partial charge is 0.227 e. The molecular weight excluding hydrogens is 214 g/mol. The summed E-state index contributed by atoms with van der Waals surface area (Å²) in [5.41, 5.74) is 6.47. The van der Waals surface area contributed by atoms with Crippen molar-refractivity contribution < 1.29 is 0 Å². The van der Waals surface area contributed by atoms with Crippen molar-refractivity contribution in [2.24, 2.45) is 5.73 Å². The first-order valence-electron chi connectivity index (χ1n) is 6.05. The molecular formula is C12H15N5. The molecule has 2 saturated heterocycles. The Bertz CT molecular complexity index is 452. The van der Waals surface area contributed by atoms with Crippen LogP contribution in [0, 0.1) is 11.3 Å². The van der Waals surface area contributed by atoms with Gasteiger partial charge in [-0.3, -0.25) is 0 Å². The van der Waals surface area contributed by atoms with Crippen molar-refractivity contribution in [3.8, 4) is 6.07 Å². The van der Waals surface area contributed by atoms with Crippen LogP contribution in [-0.2, 0) is 0 Å². The van der Waals surface area contributed by atoms with E-state index in [4.69, 9.17) is 11.0 Å². The summed E-state index contributed by atoms with van der Waals surface area (Å²) in [4.78, 5) is 10.9. The molecule has 0 aliphatic carbocycles. The Kier molecular flexibility index (Phi) is 2.45. The van der Waals surface area contributed by atoms with E-state index in [1.54, 1.807) is 12.3 Å². The van der Waals surface area contributed by atoms with Gasteiger partial charge in [0.1, 0.15) is 11.8 Å². The molecule has 1 aromatic heterocycles. The fourth-order valence-electron chi connectivity index (χ4n) is 3.08. The van der Waals surface area contributed by atoms with Crippen molar-refractivity contribution >= 4 is 5.95 Å². The van der Waals surface area contributed by atoms with Crippen LogP contribution < -0.4 is 10.6 Å². The number of rotatable bonds is 1. The second kappa shape index (κ2) is 3.97. The fourth-order valence-corrected chi connectivity index (χ4v) is 3.08. The summed E-state index contributed by atoms with van der Waals surface area (Å²) in [6.45, 7) is 0. The normalized spacial score (nSPS) is 31.3. The minimum atomic E-state index is 0.308. The van der Waals surface area contributed by atoms with Crippen LogP contribution in [0.2, 0.25) is 0 Å². The lowest BCUT2D eigenvalue weighted by atomic mass is 9.99. The third kappa shape index (κ3) is 1.75. The minimum absolute atomic E-state index is 0.308. The average Bonchev–Trinajstić information content (AvgIpc) is 2.62. The van der Waals surface area contributed by atoms with Crippen molar-refractivity contribution in [1.29, 1.82) is 5.26 Å². The Morgan fingerprint density at radius 2 is 2.06 bits per heavy atom. The van der Waals surface area contributed by atoms with Crippen LogP contribution in [0.3, 0.4) is 0 Å². The molecule has 2 N–H and O–H groups in total. The van der Waals surface area contributed by atoms with Gasteiger partial charge in [0, 0.05) is 24.3 Å². The highest BCUT2D eigenvalue weighted by Gasteiger charge is 2.40. The predicted molar refractivity (Wildman–Crippen MR) is 63.2 cm³/mol. The lowest BCUT2D eigenvalue weighted by molar-refractivity contribution is 0.409. The molecule has 3 heterocycles. The first-order chi connectivity index (χ1) is 8.28. The van der Waals surface area contributed by atoms with E-state index in [-0.39, 0.29) is 0 Å². The minimum Gasteiger partial charge on any atom is -0.335 e. The Balaban J connectivity index is 1.92. The summed E-state index contributed by atoms with van der Waals surface area (Å²) in [7, 11) is 0. The zero-order chi connectivity index (χ0) is 11.8. The number of nitrogens with two attached hydrogens (primary N) is 1. The number of aromatic nitrogens is 2. The monoisotopic (exact) mass is 229 g/mol. The number of hydrogen-bond acceptors (Lipinski definition) is 5. The summed E-state index contributed by atoms with van der Waals surface area (Å²) < 4.78 is 0. The molecule has 2 aliphatic rings. The maximum absolute atomic E-state index is 8.87. The van der Waals surface area contributed by atoms with Crippen molar-refractivity contribution in [3.63, 3.8) is 0 Å². The number of nitrogens with zero attached hydrogens (tertiary/aromatic N) is 4. The van der Waals surface area contributed by atoms with E-state index in [0.29, 0.717) is 29.8 Å². The van der Waals surface area contributed by atoms with Crippen molar-refractivity contribution in [2.45, 2.75) is 43.8 Å². The molecule has 0 aromatic carbocycles. The molecule has 0 amide bonds. The highest BCUT2D eigenvalue weighted by molar-refractivity contribution is 5.39. The second-order valence-corrected chi connectivity index (χ2v) is 4.88. The number of hydrogen-bond donors (Lipinski definition) is 1. The Labute approximate surface area is 100 Å². The molecule has 0 spiro atoms. The fraction of sp³-hybridized carbons (Fsp3) is 0.583. The number of fused-ring (bicyclic) bond motifs is 2. The highest BCUT2D eigenvalue weighted by atomic mass is 15.3. The first kappa shape index (κ1) is 10.5. The van der Waals surface area contributed by atoms with Crippen LogP contribution in [0.25, 0.3) is 0 Å². The summed E-state index contributed by atoms with van der Waals surface area (Å²) in [5.74, 6) is 0.698. The standard InChI is InChI=1S/C12H15N5/c13-7-9-3-4-15-12(16-9)17-10-1-2-11(17)6-8(14)5-10/h3-4,8,10-11H,1-2,5-6,14H2. The van der Waals surface area contributed by atoms with Crippen LogP contribution in [0.15, 0.2) is 12.3 Å². The molecule has 3 rings (SSSR count). The lowest BCUT2D eigenvalue weighted by Gasteiger charge is -2.37. The summed E-state index contributed by atoms with van der Waals surface area (Å²) >= 11 is 0. The Hall–Kier alpha value is -1.67. The molecule has 5 heteroatoms. The predicted octanol–water partition coefficient (Wildman–Crippen LogP) is 0.807. The summed E-state index contributed by atoms with van der Waals surface area (Å²) in [5, 5.41) is 8.87. The van der Waals surface area contributed by atoms with Gasteiger partial charge in [-0.25, -0.2) is 9.97 Å². The van der Waals surface area contributed by atoms with E-state index < -0.39 is 0 Å². The average molecular weight is 229 g/mol. The topological polar surface area (TPSA) is 78.8 Å². The molecule has 2 unspecified atom stereocenters. The quantitative estimate of drug-likeness (QED) is 0.770. The number of nitriles is 1. The zero-order valence-corrected chi connectivity index (χ0v) is 9.58. The zero-order valence-electron chi connectivity index (χ0n) is 9.58. The van der Waals surface area contributed by atoms with E-state index in [1.165, 1.54) is 12.8 Å². The van der Waals surface area contributed by atoms with Crippen molar-refractivity contribution in [1.82, 2.24) is 9.97 Å². The second-order valence-electron chi connectivity index (χ2n) is 4.88. The maximum atomic E-state index is 8.87. The van der Waals surface area contributed by atoms with Gasteiger partial charge in [-0.05, 0) is 31.7 Å². The molecule has 17 heavy (non-hydrogen) atoms.